The van der Waals surface area contributed by atoms with Crippen LogP contribution in [-0.4, -0.2) is 29.9 Å². The highest BCUT2D eigenvalue weighted by molar-refractivity contribution is 6.31. The first kappa shape index (κ1) is 21.9. The van der Waals surface area contributed by atoms with E-state index in [1.165, 1.54) is 0 Å². The van der Waals surface area contributed by atoms with Gasteiger partial charge in [0.1, 0.15) is 0 Å². The molecule has 158 valence electrons. The van der Waals surface area contributed by atoms with Crippen molar-refractivity contribution in [1.82, 2.24) is 15.6 Å². The van der Waals surface area contributed by atoms with Gasteiger partial charge in [-0.3, -0.25) is 9.59 Å². The highest BCUT2D eigenvalue weighted by atomic mass is 35.5. The van der Waals surface area contributed by atoms with E-state index in [1.54, 1.807) is 0 Å². The van der Waals surface area contributed by atoms with Crippen molar-refractivity contribution in [3.63, 3.8) is 0 Å². The van der Waals surface area contributed by atoms with Crippen LogP contribution in [0.2, 0.25) is 5.02 Å². The Bertz CT molecular complexity index is 1010. The molecule has 0 spiro atoms. The number of rotatable bonds is 9. The molecule has 6 heteroatoms. The molecular formula is C24H28ClN3O2. The molecule has 3 N–H and O–H groups in total. The predicted octanol–water partition coefficient (Wildman–Crippen LogP) is 4.62. The molecule has 0 aliphatic heterocycles. The molecule has 0 bridgehead atoms. The van der Waals surface area contributed by atoms with E-state index in [0.717, 1.165) is 28.5 Å². The SMILES string of the molecule is CC(C)CCC(=O)NCC(=O)NCC(c1ccccc1Cl)c1c[nH]c2ccccc12. The summed E-state index contributed by atoms with van der Waals surface area (Å²) in [6.45, 7) is 4.49. The molecule has 0 saturated heterocycles. The quantitative estimate of drug-likeness (QED) is 0.468. The standard InChI is InChI=1S/C24H28ClN3O2/c1-16(2)11-12-23(29)28-15-24(30)27-14-19(17-7-3-5-9-21(17)25)20-13-26-22-10-6-4-8-18(20)22/h3-10,13,16,19,26H,11-12,14-15H2,1-2H3,(H,27,30)(H,28,29). The number of H-pyrrole nitrogens is 1. The lowest BCUT2D eigenvalue weighted by Gasteiger charge is -2.19. The zero-order valence-corrected chi connectivity index (χ0v) is 18.1. The van der Waals surface area contributed by atoms with E-state index in [0.29, 0.717) is 23.9 Å². The summed E-state index contributed by atoms with van der Waals surface area (Å²) in [5.41, 5.74) is 3.05. The van der Waals surface area contributed by atoms with E-state index < -0.39 is 0 Å². The van der Waals surface area contributed by atoms with Crippen molar-refractivity contribution in [2.75, 3.05) is 13.1 Å². The van der Waals surface area contributed by atoms with Crippen molar-refractivity contribution in [1.29, 1.82) is 0 Å². The fraction of sp³-hybridized carbons (Fsp3) is 0.333. The Morgan fingerprint density at radius 2 is 1.70 bits per heavy atom. The maximum atomic E-state index is 12.4. The minimum atomic E-state index is -0.218. The fourth-order valence-corrected chi connectivity index (χ4v) is 3.76. The van der Waals surface area contributed by atoms with Gasteiger partial charge in [-0.25, -0.2) is 0 Å². The molecule has 0 aliphatic rings. The van der Waals surface area contributed by atoms with Gasteiger partial charge in [0, 0.05) is 41.0 Å². The molecule has 5 nitrogen and oxygen atoms in total. The van der Waals surface area contributed by atoms with E-state index >= 15 is 0 Å². The van der Waals surface area contributed by atoms with E-state index in [9.17, 15) is 9.59 Å². The molecule has 2 amide bonds. The van der Waals surface area contributed by atoms with Crippen LogP contribution in [0.4, 0.5) is 0 Å². The van der Waals surface area contributed by atoms with Crippen LogP contribution in [0, 0.1) is 5.92 Å². The lowest BCUT2D eigenvalue weighted by atomic mass is 9.90. The molecular weight excluding hydrogens is 398 g/mol. The largest absolute Gasteiger partial charge is 0.361 e. The second kappa shape index (κ2) is 10.3. The molecule has 1 aromatic heterocycles. The van der Waals surface area contributed by atoms with Gasteiger partial charge in [0.2, 0.25) is 11.8 Å². The van der Waals surface area contributed by atoms with Crippen LogP contribution in [0.3, 0.4) is 0 Å². The van der Waals surface area contributed by atoms with E-state index in [2.05, 4.69) is 35.5 Å². The summed E-state index contributed by atoms with van der Waals surface area (Å²) in [6, 6.07) is 15.7. The Labute approximate surface area is 182 Å². The third kappa shape index (κ3) is 5.63. The van der Waals surface area contributed by atoms with Gasteiger partial charge in [0.15, 0.2) is 0 Å². The molecule has 2 aromatic carbocycles. The normalized spacial score (nSPS) is 12.1. The van der Waals surface area contributed by atoms with Gasteiger partial charge in [-0.1, -0.05) is 61.8 Å². The Morgan fingerprint density at radius 3 is 2.47 bits per heavy atom. The van der Waals surface area contributed by atoms with Crippen LogP contribution in [-0.2, 0) is 9.59 Å². The van der Waals surface area contributed by atoms with E-state index in [4.69, 9.17) is 11.6 Å². The van der Waals surface area contributed by atoms with Gasteiger partial charge in [-0.2, -0.15) is 0 Å². The summed E-state index contributed by atoms with van der Waals surface area (Å²) < 4.78 is 0. The molecule has 0 fully saturated rings. The van der Waals surface area contributed by atoms with E-state index in [1.807, 2.05) is 48.7 Å². The van der Waals surface area contributed by atoms with Gasteiger partial charge < -0.3 is 15.6 Å². The van der Waals surface area contributed by atoms with Crippen LogP contribution in [0.25, 0.3) is 10.9 Å². The molecule has 3 aromatic rings. The topological polar surface area (TPSA) is 74.0 Å². The summed E-state index contributed by atoms with van der Waals surface area (Å²) >= 11 is 6.49. The number of nitrogens with one attached hydrogen (secondary N) is 3. The summed E-state index contributed by atoms with van der Waals surface area (Å²) in [7, 11) is 0. The number of fused-ring (bicyclic) bond motifs is 1. The monoisotopic (exact) mass is 425 g/mol. The van der Waals surface area contributed by atoms with Crippen LogP contribution in [0.1, 0.15) is 43.7 Å². The Kier molecular flexibility index (Phi) is 7.52. The van der Waals surface area contributed by atoms with Crippen molar-refractivity contribution in [2.45, 2.75) is 32.6 Å². The average molecular weight is 426 g/mol. The molecule has 0 radical (unpaired) electrons. The number of carbonyl (C=O) groups is 2. The number of aromatic amines is 1. The summed E-state index contributed by atoms with van der Waals surface area (Å²) in [5, 5.41) is 7.40. The maximum absolute atomic E-state index is 12.4. The minimum Gasteiger partial charge on any atom is -0.361 e. The van der Waals surface area contributed by atoms with Gasteiger partial charge >= 0.3 is 0 Å². The highest BCUT2D eigenvalue weighted by Gasteiger charge is 2.21. The van der Waals surface area contributed by atoms with Crippen LogP contribution < -0.4 is 10.6 Å². The Morgan fingerprint density at radius 1 is 0.967 bits per heavy atom. The zero-order chi connectivity index (χ0) is 21.5. The molecule has 0 aliphatic carbocycles. The number of benzene rings is 2. The fourth-order valence-electron chi connectivity index (χ4n) is 3.49. The number of amides is 2. The van der Waals surface area contributed by atoms with Gasteiger partial charge in [-0.05, 0) is 35.6 Å². The third-order valence-corrected chi connectivity index (χ3v) is 5.52. The Balaban J connectivity index is 1.71. The van der Waals surface area contributed by atoms with Crippen molar-refractivity contribution in [3.05, 3.63) is 70.9 Å². The van der Waals surface area contributed by atoms with Crippen LogP contribution in [0.5, 0.6) is 0 Å². The van der Waals surface area contributed by atoms with Crippen LogP contribution >= 0.6 is 11.6 Å². The van der Waals surface area contributed by atoms with Crippen molar-refractivity contribution in [3.8, 4) is 0 Å². The Hall–Kier alpha value is -2.79. The smallest absolute Gasteiger partial charge is 0.239 e. The molecule has 1 heterocycles. The first-order chi connectivity index (χ1) is 14.5. The second-order valence-corrected chi connectivity index (χ2v) is 8.28. The number of aromatic nitrogens is 1. The predicted molar refractivity (Wildman–Crippen MR) is 122 cm³/mol. The number of halogens is 1. The third-order valence-electron chi connectivity index (χ3n) is 5.18. The van der Waals surface area contributed by atoms with E-state index in [-0.39, 0.29) is 24.3 Å². The first-order valence-electron chi connectivity index (χ1n) is 10.3. The van der Waals surface area contributed by atoms with Gasteiger partial charge in [0.25, 0.3) is 0 Å². The number of carbonyl (C=O) groups excluding carboxylic acids is 2. The average Bonchev–Trinajstić information content (AvgIpc) is 3.16. The lowest BCUT2D eigenvalue weighted by Crippen LogP contribution is -2.38. The molecule has 0 saturated carbocycles. The molecule has 30 heavy (non-hydrogen) atoms. The summed E-state index contributed by atoms with van der Waals surface area (Å²) in [5.74, 6) is 0.0236. The lowest BCUT2D eigenvalue weighted by molar-refractivity contribution is -0.126. The minimum absolute atomic E-state index is 0.0277. The van der Waals surface area contributed by atoms with Gasteiger partial charge in [0.05, 0.1) is 6.54 Å². The maximum Gasteiger partial charge on any atom is 0.239 e. The number of hydrogen-bond donors (Lipinski definition) is 3. The zero-order valence-electron chi connectivity index (χ0n) is 17.4. The number of hydrogen-bond acceptors (Lipinski definition) is 2. The van der Waals surface area contributed by atoms with Crippen molar-refractivity contribution < 1.29 is 9.59 Å². The summed E-state index contributed by atoms with van der Waals surface area (Å²) in [6.07, 6.45) is 3.21. The van der Waals surface area contributed by atoms with Gasteiger partial charge in [-0.15, -0.1) is 0 Å². The first-order valence-corrected chi connectivity index (χ1v) is 10.7. The van der Waals surface area contributed by atoms with Crippen molar-refractivity contribution >= 4 is 34.3 Å². The number of para-hydroxylation sites is 1. The molecule has 3 rings (SSSR count). The second-order valence-electron chi connectivity index (χ2n) is 7.88. The van der Waals surface area contributed by atoms with Crippen molar-refractivity contribution in [2.24, 2.45) is 5.92 Å². The molecule has 1 atom stereocenters. The highest BCUT2D eigenvalue weighted by Crippen LogP contribution is 2.33. The summed E-state index contributed by atoms with van der Waals surface area (Å²) in [4.78, 5) is 27.5. The molecule has 1 unspecified atom stereocenters. The van der Waals surface area contributed by atoms with Crippen LogP contribution in [0.15, 0.2) is 54.7 Å².